The van der Waals surface area contributed by atoms with E-state index in [1.165, 1.54) is 0 Å². The highest BCUT2D eigenvalue weighted by Gasteiger charge is 1.81. The average Bonchev–Trinajstić information content (AvgIpc) is 2.33. The van der Waals surface area contributed by atoms with Gasteiger partial charge >= 0.3 is 0 Å². The third-order valence-electron chi connectivity index (χ3n) is 1.50. The number of hydrogen-bond donors (Lipinski definition) is 1. The molecule has 0 radical (unpaired) electrons. The van der Waals surface area contributed by atoms with Crippen LogP contribution < -0.4 is 0 Å². The van der Waals surface area contributed by atoms with Gasteiger partial charge in [0.15, 0.2) is 0 Å². The molecule has 3 nitrogen and oxygen atoms in total. The molecule has 2 aromatic heterocycles. The highest BCUT2D eigenvalue weighted by Crippen LogP contribution is 1.92. The molecule has 0 aromatic carbocycles. The van der Waals surface area contributed by atoms with E-state index in [-0.39, 0.29) is 6.61 Å². The molecule has 72 valence electrons. The first-order valence-corrected chi connectivity index (χ1v) is 4.28. The number of hydrogen-bond acceptors (Lipinski definition) is 3. The van der Waals surface area contributed by atoms with Gasteiger partial charge in [-0.1, -0.05) is 6.07 Å². The fraction of sp³-hybridized carbons (Fsp3) is 0.0909. The summed E-state index contributed by atoms with van der Waals surface area (Å²) in [6.07, 6.45) is 6.82. The zero-order valence-electron chi connectivity index (χ0n) is 7.74. The molecule has 0 unspecified atom stereocenters. The SMILES string of the molecule is OCc1ccncc1.c1ccncc1. The molecular weight excluding hydrogens is 176 g/mol. The normalized spacial score (nSPS) is 8.64. The maximum atomic E-state index is 8.51. The number of aromatic nitrogens is 2. The Morgan fingerprint density at radius 1 is 0.857 bits per heavy atom. The van der Waals surface area contributed by atoms with Crippen molar-refractivity contribution in [1.29, 1.82) is 0 Å². The number of nitrogens with zero attached hydrogens (tertiary/aromatic N) is 2. The van der Waals surface area contributed by atoms with Crippen molar-refractivity contribution >= 4 is 0 Å². The van der Waals surface area contributed by atoms with Crippen LogP contribution in [0.5, 0.6) is 0 Å². The van der Waals surface area contributed by atoms with Crippen molar-refractivity contribution in [2.75, 3.05) is 0 Å². The highest BCUT2D eigenvalue weighted by molar-refractivity contribution is 5.07. The Balaban J connectivity index is 0.000000146. The van der Waals surface area contributed by atoms with Gasteiger partial charge in [-0.2, -0.15) is 0 Å². The lowest BCUT2D eigenvalue weighted by molar-refractivity contribution is 0.281. The van der Waals surface area contributed by atoms with Gasteiger partial charge < -0.3 is 5.11 Å². The molecule has 0 amide bonds. The molecule has 0 aliphatic carbocycles. The summed E-state index contributed by atoms with van der Waals surface area (Å²) in [5.41, 5.74) is 0.903. The fourth-order valence-electron chi connectivity index (χ4n) is 0.801. The van der Waals surface area contributed by atoms with Crippen LogP contribution in [0.3, 0.4) is 0 Å². The van der Waals surface area contributed by atoms with Crippen LogP contribution in [0.25, 0.3) is 0 Å². The van der Waals surface area contributed by atoms with E-state index in [4.69, 9.17) is 5.11 Å². The van der Waals surface area contributed by atoms with E-state index in [9.17, 15) is 0 Å². The first-order valence-electron chi connectivity index (χ1n) is 4.28. The van der Waals surface area contributed by atoms with Gasteiger partial charge in [-0.25, -0.2) is 0 Å². The van der Waals surface area contributed by atoms with Gasteiger partial charge in [0.05, 0.1) is 6.61 Å². The second kappa shape index (κ2) is 6.74. The predicted octanol–water partition coefficient (Wildman–Crippen LogP) is 1.66. The largest absolute Gasteiger partial charge is 0.392 e. The van der Waals surface area contributed by atoms with E-state index in [1.54, 1.807) is 36.9 Å². The molecule has 0 fully saturated rings. The summed E-state index contributed by atoms with van der Waals surface area (Å²) in [6, 6.07) is 9.27. The van der Waals surface area contributed by atoms with E-state index in [0.29, 0.717) is 0 Å². The highest BCUT2D eigenvalue weighted by atomic mass is 16.3. The summed E-state index contributed by atoms with van der Waals surface area (Å²) in [5.74, 6) is 0. The van der Waals surface area contributed by atoms with Crippen LogP contribution >= 0.6 is 0 Å². The number of aliphatic hydroxyl groups excluding tert-OH is 1. The van der Waals surface area contributed by atoms with Crippen LogP contribution in [0.15, 0.2) is 55.1 Å². The smallest absolute Gasteiger partial charge is 0.0682 e. The lowest BCUT2D eigenvalue weighted by atomic mass is 10.3. The average molecular weight is 188 g/mol. The van der Waals surface area contributed by atoms with Crippen LogP contribution in [0.4, 0.5) is 0 Å². The molecule has 0 aliphatic heterocycles. The Morgan fingerprint density at radius 3 is 1.71 bits per heavy atom. The van der Waals surface area contributed by atoms with Crippen LogP contribution in [0.2, 0.25) is 0 Å². The zero-order chi connectivity index (χ0) is 10.1. The second-order valence-corrected chi connectivity index (χ2v) is 2.54. The summed E-state index contributed by atoms with van der Waals surface area (Å²) in [5, 5.41) is 8.51. The monoisotopic (exact) mass is 188 g/mol. The molecule has 14 heavy (non-hydrogen) atoms. The molecule has 0 aliphatic rings. The molecule has 0 atom stereocenters. The second-order valence-electron chi connectivity index (χ2n) is 2.54. The maximum Gasteiger partial charge on any atom is 0.0682 e. The lowest BCUT2D eigenvalue weighted by Crippen LogP contribution is -1.80. The topological polar surface area (TPSA) is 46.0 Å². The Labute approximate surface area is 83.1 Å². The van der Waals surface area contributed by atoms with Crippen molar-refractivity contribution in [3.05, 3.63) is 60.7 Å². The van der Waals surface area contributed by atoms with E-state index in [0.717, 1.165) is 5.56 Å². The van der Waals surface area contributed by atoms with Crippen LogP contribution in [0, 0.1) is 0 Å². The minimum Gasteiger partial charge on any atom is -0.392 e. The zero-order valence-corrected chi connectivity index (χ0v) is 7.74. The molecule has 2 heterocycles. The van der Waals surface area contributed by atoms with Gasteiger partial charge in [-0.3, -0.25) is 9.97 Å². The van der Waals surface area contributed by atoms with Crippen molar-refractivity contribution < 1.29 is 5.11 Å². The first-order chi connectivity index (χ1) is 6.93. The van der Waals surface area contributed by atoms with Crippen LogP contribution in [0.1, 0.15) is 5.56 Å². The summed E-state index contributed by atoms with van der Waals surface area (Å²) >= 11 is 0. The van der Waals surface area contributed by atoms with Crippen molar-refractivity contribution in [1.82, 2.24) is 9.97 Å². The van der Waals surface area contributed by atoms with E-state index >= 15 is 0 Å². The molecule has 2 rings (SSSR count). The molecule has 1 N–H and O–H groups in total. The van der Waals surface area contributed by atoms with Crippen molar-refractivity contribution in [3.63, 3.8) is 0 Å². The first kappa shape index (κ1) is 10.3. The third-order valence-corrected chi connectivity index (χ3v) is 1.50. The number of pyridine rings is 2. The molecule has 0 saturated carbocycles. The summed E-state index contributed by atoms with van der Waals surface area (Å²) in [6.45, 7) is 0.0997. The number of aliphatic hydroxyl groups is 1. The summed E-state index contributed by atoms with van der Waals surface area (Å²) in [4.78, 5) is 7.57. The van der Waals surface area contributed by atoms with Crippen molar-refractivity contribution in [2.24, 2.45) is 0 Å². The third kappa shape index (κ3) is 4.33. The van der Waals surface area contributed by atoms with Gasteiger partial charge in [0.2, 0.25) is 0 Å². The van der Waals surface area contributed by atoms with Crippen molar-refractivity contribution in [2.45, 2.75) is 6.61 Å². The Kier molecular flexibility index (Phi) is 4.98. The van der Waals surface area contributed by atoms with Gasteiger partial charge in [0.25, 0.3) is 0 Å². The van der Waals surface area contributed by atoms with Crippen LogP contribution in [-0.2, 0) is 6.61 Å². The Bertz CT molecular complexity index is 297. The van der Waals surface area contributed by atoms with E-state index < -0.39 is 0 Å². The van der Waals surface area contributed by atoms with Crippen LogP contribution in [-0.4, -0.2) is 15.1 Å². The fourth-order valence-corrected chi connectivity index (χ4v) is 0.801. The Hall–Kier alpha value is -1.74. The molecule has 2 aromatic rings. The standard InChI is InChI=1S/C6H7NO.C5H5N/c8-5-6-1-3-7-4-2-6;1-2-4-6-5-3-1/h1-4,8H,5H2;1-5H. The molecule has 0 spiro atoms. The quantitative estimate of drug-likeness (QED) is 0.740. The minimum atomic E-state index is 0.0997. The summed E-state index contributed by atoms with van der Waals surface area (Å²) in [7, 11) is 0. The Morgan fingerprint density at radius 2 is 1.43 bits per heavy atom. The van der Waals surface area contributed by atoms with E-state index in [2.05, 4.69) is 9.97 Å². The maximum absolute atomic E-state index is 8.51. The van der Waals surface area contributed by atoms with Gasteiger partial charge in [-0.05, 0) is 29.8 Å². The van der Waals surface area contributed by atoms with Crippen molar-refractivity contribution in [3.8, 4) is 0 Å². The molecule has 0 bridgehead atoms. The van der Waals surface area contributed by atoms with Gasteiger partial charge in [0, 0.05) is 24.8 Å². The lowest BCUT2D eigenvalue weighted by Gasteiger charge is -1.88. The van der Waals surface area contributed by atoms with Gasteiger partial charge in [0.1, 0.15) is 0 Å². The minimum absolute atomic E-state index is 0.0997. The predicted molar refractivity (Wildman–Crippen MR) is 54.4 cm³/mol. The summed E-state index contributed by atoms with van der Waals surface area (Å²) < 4.78 is 0. The molecule has 3 heteroatoms. The van der Waals surface area contributed by atoms with E-state index in [1.807, 2.05) is 18.2 Å². The van der Waals surface area contributed by atoms with Gasteiger partial charge in [-0.15, -0.1) is 0 Å². The molecular formula is C11H12N2O. The number of rotatable bonds is 1. The molecule has 0 saturated heterocycles.